The van der Waals surface area contributed by atoms with Crippen molar-refractivity contribution in [3.8, 4) is 0 Å². The minimum absolute atomic E-state index is 0.0214. The van der Waals surface area contributed by atoms with Crippen LogP contribution in [0, 0.1) is 11.6 Å². The molecule has 0 unspecified atom stereocenters. The van der Waals surface area contributed by atoms with E-state index in [1.165, 1.54) is 18.2 Å². The van der Waals surface area contributed by atoms with Crippen molar-refractivity contribution in [2.24, 2.45) is 0 Å². The van der Waals surface area contributed by atoms with Crippen LogP contribution in [0.2, 0.25) is 0 Å². The monoisotopic (exact) mass is 220 g/mol. The summed E-state index contributed by atoms with van der Waals surface area (Å²) in [5, 5.41) is 2.85. The van der Waals surface area contributed by atoms with Gasteiger partial charge in [0.2, 0.25) is 0 Å². The molecule has 0 radical (unpaired) electrons. The average molecular weight is 220 g/mol. The number of hydrogen-bond acceptors (Lipinski definition) is 2. The minimum atomic E-state index is -0.552. The zero-order valence-corrected chi connectivity index (χ0v) is 8.45. The van der Waals surface area contributed by atoms with Crippen molar-refractivity contribution in [3.63, 3.8) is 0 Å². The molecule has 0 spiro atoms. The highest BCUT2D eigenvalue weighted by molar-refractivity contribution is 5.35. The summed E-state index contributed by atoms with van der Waals surface area (Å²) in [6.45, 7) is 0.0789. The number of nitrogens with zero attached hydrogens (tertiary/aromatic N) is 1. The van der Waals surface area contributed by atoms with Gasteiger partial charge in [0, 0.05) is 18.3 Å². The molecule has 0 atom stereocenters. The number of aromatic nitrogens is 1. The lowest BCUT2D eigenvalue weighted by atomic mass is 10.2. The van der Waals surface area contributed by atoms with Crippen molar-refractivity contribution in [2.45, 2.75) is 6.54 Å². The van der Waals surface area contributed by atoms with E-state index >= 15 is 0 Å². The van der Waals surface area contributed by atoms with Crippen molar-refractivity contribution in [3.05, 3.63) is 59.8 Å². The van der Waals surface area contributed by atoms with E-state index in [1.54, 1.807) is 24.4 Å². The molecule has 2 rings (SSSR count). The van der Waals surface area contributed by atoms with E-state index in [0.29, 0.717) is 5.82 Å². The van der Waals surface area contributed by atoms with Crippen LogP contribution in [-0.2, 0) is 6.54 Å². The van der Waals surface area contributed by atoms with Crippen molar-refractivity contribution in [1.29, 1.82) is 0 Å². The Balaban J connectivity index is 2.11. The molecule has 0 saturated heterocycles. The minimum Gasteiger partial charge on any atom is -0.366 e. The van der Waals surface area contributed by atoms with Gasteiger partial charge in [-0.3, -0.25) is 0 Å². The number of halogens is 2. The lowest BCUT2D eigenvalue weighted by Gasteiger charge is -2.07. The van der Waals surface area contributed by atoms with Crippen LogP contribution in [0.5, 0.6) is 0 Å². The summed E-state index contributed by atoms with van der Waals surface area (Å²) in [4.78, 5) is 4.00. The lowest BCUT2D eigenvalue weighted by Crippen LogP contribution is -2.05. The largest absolute Gasteiger partial charge is 0.366 e. The van der Waals surface area contributed by atoms with Crippen molar-refractivity contribution in [1.82, 2.24) is 4.98 Å². The first-order valence-corrected chi connectivity index (χ1v) is 4.85. The van der Waals surface area contributed by atoms with E-state index in [4.69, 9.17) is 0 Å². The molecule has 1 N–H and O–H groups in total. The van der Waals surface area contributed by atoms with E-state index in [-0.39, 0.29) is 12.1 Å². The van der Waals surface area contributed by atoms with Crippen LogP contribution in [0.25, 0.3) is 0 Å². The highest BCUT2D eigenvalue weighted by Gasteiger charge is 2.07. The van der Waals surface area contributed by atoms with Gasteiger partial charge in [0.15, 0.2) is 0 Å². The Labute approximate surface area is 92.0 Å². The summed E-state index contributed by atoms with van der Waals surface area (Å²) in [6, 6.07) is 9.12. The van der Waals surface area contributed by atoms with Gasteiger partial charge in [0.1, 0.15) is 17.5 Å². The van der Waals surface area contributed by atoms with Crippen LogP contribution < -0.4 is 5.32 Å². The van der Waals surface area contributed by atoms with Crippen molar-refractivity contribution >= 4 is 5.82 Å². The second kappa shape index (κ2) is 4.70. The van der Waals surface area contributed by atoms with Crippen LogP contribution >= 0.6 is 0 Å². The second-order valence-corrected chi connectivity index (χ2v) is 3.27. The molecule has 2 aromatic rings. The van der Waals surface area contributed by atoms with Gasteiger partial charge in [0.05, 0.1) is 0 Å². The standard InChI is InChI=1S/C12H10F2N2/c13-10-4-3-5-11(14)9(10)8-16-12-6-1-2-7-15-12/h1-7H,8H2,(H,15,16). The van der Waals surface area contributed by atoms with Gasteiger partial charge in [-0.2, -0.15) is 0 Å². The molecule has 82 valence electrons. The van der Waals surface area contributed by atoms with Gasteiger partial charge < -0.3 is 5.32 Å². The lowest BCUT2D eigenvalue weighted by molar-refractivity contribution is 0.560. The van der Waals surface area contributed by atoms with Crippen molar-refractivity contribution < 1.29 is 8.78 Å². The summed E-state index contributed by atoms with van der Waals surface area (Å²) < 4.78 is 26.5. The maximum atomic E-state index is 13.3. The molecule has 1 aromatic heterocycles. The third kappa shape index (κ3) is 2.34. The molecule has 4 heteroatoms. The fourth-order valence-corrected chi connectivity index (χ4v) is 1.35. The van der Waals surface area contributed by atoms with E-state index in [9.17, 15) is 8.78 Å². The van der Waals surface area contributed by atoms with Gasteiger partial charge in [-0.25, -0.2) is 13.8 Å². The summed E-state index contributed by atoms with van der Waals surface area (Å²) in [5.41, 5.74) is 0.0214. The fraction of sp³-hybridized carbons (Fsp3) is 0.0833. The van der Waals surface area contributed by atoms with Crippen LogP contribution in [0.3, 0.4) is 0 Å². The number of nitrogens with one attached hydrogen (secondary N) is 1. The van der Waals surface area contributed by atoms with Gasteiger partial charge in [0.25, 0.3) is 0 Å². The molecule has 0 amide bonds. The Kier molecular flexibility index (Phi) is 3.10. The predicted octanol–water partition coefficient (Wildman–Crippen LogP) is 2.97. The number of benzene rings is 1. The Morgan fingerprint density at radius 1 is 1.00 bits per heavy atom. The molecule has 1 heterocycles. The van der Waals surface area contributed by atoms with Crippen LogP contribution in [0.1, 0.15) is 5.56 Å². The van der Waals surface area contributed by atoms with E-state index in [0.717, 1.165) is 0 Å². The summed E-state index contributed by atoms with van der Waals surface area (Å²) in [5.74, 6) is -0.517. The Morgan fingerprint density at radius 2 is 1.75 bits per heavy atom. The summed E-state index contributed by atoms with van der Waals surface area (Å²) in [7, 11) is 0. The second-order valence-electron chi connectivity index (χ2n) is 3.27. The summed E-state index contributed by atoms with van der Waals surface area (Å²) in [6.07, 6.45) is 1.61. The van der Waals surface area contributed by atoms with E-state index in [2.05, 4.69) is 10.3 Å². The van der Waals surface area contributed by atoms with Crippen LogP contribution in [0.15, 0.2) is 42.6 Å². The van der Waals surface area contributed by atoms with E-state index < -0.39 is 11.6 Å². The molecule has 0 aliphatic carbocycles. The highest BCUT2D eigenvalue weighted by atomic mass is 19.1. The van der Waals surface area contributed by atoms with Gasteiger partial charge in [-0.1, -0.05) is 12.1 Å². The molecule has 2 nitrogen and oxygen atoms in total. The smallest absolute Gasteiger partial charge is 0.131 e. The van der Waals surface area contributed by atoms with E-state index in [1.807, 2.05) is 0 Å². The quantitative estimate of drug-likeness (QED) is 0.860. The van der Waals surface area contributed by atoms with Gasteiger partial charge >= 0.3 is 0 Å². The molecule has 1 aromatic carbocycles. The number of anilines is 1. The van der Waals surface area contributed by atoms with Crippen LogP contribution in [0.4, 0.5) is 14.6 Å². The SMILES string of the molecule is Fc1cccc(F)c1CNc1ccccn1. The normalized spacial score (nSPS) is 10.1. The zero-order chi connectivity index (χ0) is 11.4. The van der Waals surface area contributed by atoms with Crippen LogP contribution in [-0.4, -0.2) is 4.98 Å². The molecule has 16 heavy (non-hydrogen) atoms. The molecule has 0 fully saturated rings. The Bertz CT molecular complexity index is 451. The average Bonchev–Trinajstić information content (AvgIpc) is 2.30. The highest BCUT2D eigenvalue weighted by Crippen LogP contribution is 2.13. The molecule has 0 aliphatic heterocycles. The van der Waals surface area contributed by atoms with Gasteiger partial charge in [-0.15, -0.1) is 0 Å². The molecule has 0 bridgehead atoms. The maximum Gasteiger partial charge on any atom is 0.131 e. The predicted molar refractivity (Wildman–Crippen MR) is 57.9 cm³/mol. The zero-order valence-electron chi connectivity index (χ0n) is 8.45. The molecule has 0 aliphatic rings. The first-order valence-electron chi connectivity index (χ1n) is 4.85. The number of hydrogen-bond donors (Lipinski definition) is 1. The fourth-order valence-electron chi connectivity index (χ4n) is 1.35. The Hall–Kier alpha value is -1.97. The first kappa shape index (κ1) is 10.5. The maximum absolute atomic E-state index is 13.3. The summed E-state index contributed by atoms with van der Waals surface area (Å²) >= 11 is 0. The Morgan fingerprint density at radius 3 is 2.38 bits per heavy atom. The van der Waals surface area contributed by atoms with Gasteiger partial charge in [-0.05, 0) is 24.3 Å². The third-order valence-corrected chi connectivity index (χ3v) is 2.17. The third-order valence-electron chi connectivity index (χ3n) is 2.17. The van der Waals surface area contributed by atoms with Crippen molar-refractivity contribution in [2.75, 3.05) is 5.32 Å². The molecular formula is C12H10F2N2. The first-order chi connectivity index (χ1) is 7.77. The molecule has 0 saturated carbocycles. The number of pyridine rings is 1. The molecular weight excluding hydrogens is 210 g/mol. The number of rotatable bonds is 3. The topological polar surface area (TPSA) is 24.9 Å².